The lowest BCUT2D eigenvalue weighted by atomic mass is 9.87. The highest BCUT2D eigenvalue weighted by molar-refractivity contribution is 5.86. The molecule has 0 aliphatic carbocycles. The number of nitrogens with one attached hydrogen (secondary N) is 1. The zero-order valence-corrected chi connectivity index (χ0v) is 68.8. The van der Waals surface area contributed by atoms with Crippen LogP contribution in [0.1, 0.15) is 282 Å². The molecular formula is C92H134N2O16. The molecule has 18 nitrogen and oxygen atoms in total. The van der Waals surface area contributed by atoms with E-state index < -0.39 is 66.4 Å². The predicted molar refractivity (Wildman–Crippen MR) is 436 cm³/mol. The fourth-order valence-corrected chi connectivity index (χ4v) is 12.2. The summed E-state index contributed by atoms with van der Waals surface area (Å²) < 4.78 is 31.0. The number of nitrogens with zero attached hydrogens (tertiary/aromatic N) is 1. The third-order valence-corrected chi connectivity index (χ3v) is 18.6. The molecule has 0 aromatic heterocycles. The van der Waals surface area contributed by atoms with Crippen molar-refractivity contribution in [2.75, 3.05) is 40.5 Å². The molecule has 18 heteroatoms. The van der Waals surface area contributed by atoms with Crippen molar-refractivity contribution in [1.29, 1.82) is 0 Å². The van der Waals surface area contributed by atoms with Crippen LogP contribution < -0.4 is 10.0 Å². The lowest BCUT2D eigenvalue weighted by molar-refractivity contribution is -0.907. The number of hydrogen-bond acceptors (Lipinski definition) is 16. The van der Waals surface area contributed by atoms with Gasteiger partial charge in [0.05, 0.1) is 26.3 Å². The van der Waals surface area contributed by atoms with Crippen LogP contribution in [-0.2, 0) is 104 Å². The quantitative estimate of drug-likeness (QED) is 0.0205. The Bertz CT molecular complexity index is 3290. The number of carboxylic acids is 2. The highest BCUT2D eigenvalue weighted by atomic mass is 16.6. The third-order valence-electron chi connectivity index (χ3n) is 18.6. The van der Waals surface area contributed by atoms with E-state index in [4.69, 9.17) is 33.5 Å². The van der Waals surface area contributed by atoms with Gasteiger partial charge in [-0.25, -0.2) is 0 Å². The Hall–Kier alpha value is -8.48. The van der Waals surface area contributed by atoms with Gasteiger partial charge >= 0.3 is 41.8 Å². The molecule has 0 heterocycles. The molecule has 0 amide bonds. The summed E-state index contributed by atoms with van der Waals surface area (Å²) in [5.41, 5.74) is 8.82. The van der Waals surface area contributed by atoms with E-state index in [1.165, 1.54) is 59.8 Å². The summed E-state index contributed by atoms with van der Waals surface area (Å²) in [5, 5.41) is 24.6. The summed E-state index contributed by atoms with van der Waals surface area (Å²) in [4.78, 5) is 96.2. The molecule has 110 heavy (non-hydrogen) atoms. The number of ether oxygens (including phenoxy) is 6. The summed E-state index contributed by atoms with van der Waals surface area (Å²) in [6, 6.07) is 48.7. The van der Waals surface area contributed by atoms with Crippen LogP contribution in [0.2, 0.25) is 0 Å². The lowest BCUT2D eigenvalue weighted by Crippen LogP contribution is -3.06. The molecular weight excluding hydrogens is 1390 g/mol. The molecule has 0 saturated carbocycles. The molecule has 2 N–H and O–H groups in total. The van der Waals surface area contributed by atoms with E-state index in [9.17, 15) is 43.5 Å². The Morgan fingerprint density at radius 1 is 0.382 bits per heavy atom. The topological polar surface area (TPSA) is 243 Å². The summed E-state index contributed by atoms with van der Waals surface area (Å²) in [6.45, 7) is 25.1. The summed E-state index contributed by atoms with van der Waals surface area (Å²) in [6.07, 6.45) is 17.7. The van der Waals surface area contributed by atoms with Crippen molar-refractivity contribution in [2.24, 2.45) is 0 Å². The molecule has 1 unspecified atom stereocenters. The van der Waals surface area contributed by atoms with Crippen LogP contribution in [0.25, 0.3) is 21.5 Å². The summed E-state index contributed by atoms with van der Waals surface area (Å²) in [7, 11) is 4.47. The monoisotopic (exact) mass is 1520 g/mol. The second kappa shape index (κ2) is 55.8. The molecule has 6 aromatic rings. The molecule has 6 aromatic carbocycles. The zero-order valence-electron chi connectivity index (χ0n) is 68.8. The summed E-state index contributed by atoms with van der Waals surface area (Å²) in [5.74, 6) is -5.60. The molecule has 0 aliphatic rings. The van der Waals surface area contributed by atoms with Crippen LogP contribution in [0, 0.1) is 0 Å². The maximum Gasteiger partial charge on any atom is 0.306 e. The molecule has 6 rings (SSSR count). The van der Waals surface area contributed by atoms with Gasteiger partial charge in [-0.1, -0.05) is 305 Å². The fraction of sp³-hybridized carbons (Fsp3) is 0.565. The number of fused-ring (bicyclic) bond motifs is 2. The van der Waals surface area contributed by atoms with Crippen LogP contribution in [0.4, 0.5) is 0 Å². The molecule has 0 bridgehead atoms. The van der Waals surface area contributed by atoms with Crippen LogP contribution in [0.3, 0.4) is 0 Å². The predicted octanol–water partition coefficient (Wildman–Crippen LogP) is 17.9. The van der Waals surface area contributed by atoms with E-state index in [-0.39, 0.29) is 82.2 Å². The second-order valence-electron chi connectivity index (χ2n) is 31.0. The van der Waals surface area contributed by atoms with Gasteiger partial charge in [0.15, 0.2) is 12.2 Å². The van der Waals surface area contributed by atoms with Crippen molar-refractivity contribution in [3.05, 3.63) is 167 Å². The first kappa shape index (κ1) is 95.7. The molecule has 0 saturated heterocycles. The highest BCUT2D eigenvalue weighted by Crippen LogP contribution is 2.26. The first-order valence-electron chi connectivity index (χ1n) is 40.7. The molecule has 0 radical (unpaired) electrons. The van der Waals surface area contributed by atoms with E-state index in [2.05, 4.69) is 222 Å². The largest absolute Gasteiger partial charge is 0.550 e. The highest BCUT2D eigenvalue weighted by Gasteiger charge is 2.23. The number of quaternary nitrogens is 1. The Morgan fingerprint density at radius 3 is 1.08 bits per heavy atom. The van der Waals surface area contributed by atoms with Crippen molar-refractivity contribution < 1.29 is 81.9 Å². The first-order valence-corrected chi connectivity index (χ1v) is 40.7. The van der Waals surface area contributed by atoms with Gasteiger partial charge in [-0.15, -0.1) is 0 Å². The Balaban J connectivity index is 0.000000382. The fourth-order valence-electron chi connectivity index (χ4n) is 12.2. The maximum absolute atomic E-state index is 11.9. The standard InChI is InChI=1S/2C23H27N.2C23H40O8/c2*1-23(2,3)21-14-12-18(13-15-21)16-24(4)17-20-10-7-9-19-8-5-6-11-22(19)20;2*1-3-5-7-9-11-13-21(26)29-17-19(31-23(28)16-15-20(24)25)18-30-22(27)14-12-10-8-6-4-2/h2*5-15H,16-17H2,1-4H3;2*19H,3-18H2,1-2H3,(H,24,25). The van der Waals surface area contributed by atoms with E-state index in [1.807, 2.05) is 0 Å². The van der Waals surface area contributed by atoms with Gasteiger partial charge in [0.2, 0.25) is 0 Å². The Labute approximate surface area is 658 Å². The van der Waals surface area contributed by atoms with E-state index in [0.29, 0.717) is 0 Å². The molecule has 0 spiro atoms. The van der Waals surface area contributed by atoms with Gasteiger partial charge in [0.25, 0.3) is 0 Å². The lowest BCUT2D eigenvalue weighted by Gasteiger charge is -2.21. The number of carbonyl (C=O) groups excluding carboxylic acids is 7. The first-order chi connectivity index (χ1) is 52.6. The average molecular weight is 1520 g/mol. The number of carbonyl (C=O) groups is 8. The van der Waals surface area contributed by atoms with Gasteiger partial charge in [0.1, 0.15) is 39.5 Å². The zero-order chi connectivity index (χ0) is 81.0. The van der Waals surface area contributed by atoms with Crippen molar-refractivity contribution in [1.82, 2.24) is 4.90 Å². The van der Waals surface area contributed by atoms with Gasteiger partial charge in [-0.2, -0.15) is 0 Å². The average Bonchev–Trinajstić information content (AvgIpc) is 0.821. The van der Waals surface area contributed by atoms with E-state index >= 15 is 0 Å². The van der Waals surface area contributed by atoms with E-state index in [1.54, 1.807) is 0 Å². The molecule has 0 aliphatic heterocycles. The molecule has 0 fully saturated rings. The SMILES string of the molecule is CCCCCCCC(=O)OCC(COC(=O)CCCCCCC)OC(=O)CCC(=O)O.CCCCCCCC(=O)OCC(COC(=O)CCCCCCC)OC(=O)CCC(=O)[O-].CN(Cc1ccc(C(C)(C)C)cc1)Cc1cccc2ccccc12.C[NH+](Cc1ccc(C(C)(C)C)cc1)Cc1cccc2ccccc12. The number of aliphatic carboxylic acids is 2. The molecule has 608 valence electrons. The number of unbranched alkanes of at least 4 members (excludes halogenated alkanes) is 16. The second-order valence-corrected chi connectivity index (χ2v) is 31.0. The van der Waals surface area contributed by atoms with Crippen LogP contribution in [0.15, 0.2) is 133 Å². The minimum Gasteiger partial charge on any atom is -0.550 e. The number of rotatable bonds is 48. The van der Waals surface area contributed by atoms with Crippen molar-refractivity contribution in [2.45, 2.75) is 298 Å². The number of esters is 6. The maximum atomic E-state index is 11.9. The minimum absolute atomic E-state index is 0.216. The van der Waals surface area contributed by atoms with Gasteiger partial charge in [0, 0.05) is 55.9 Å². The van der Waals surface area contributed by atoms with Crippen LogP contribution >= 0.6 is 0 Å². The smallest absolute Gasteiger partial charge is 0.306 e. The third kappa shape index (κ3) is 44.4. The van der Waals surface area contributed by atoms with E-state index in [0.717, 1.165) is 155 Å². The van der Waals surface area contributed by atoms with Gasteiger partial charge < -0.3 is 48.3 Å². The number of benzene rings is 6. The minimum atomic E-state index is -1.36. The van der Waals surface area contributed by atoms with Crippen molar-refractivity contribution in [3.8, 4) is 0 Å². The normalized spacial score (nSPS) is 11.5. The Kier molecular flexibility index (Phi) is 48.6. The Morgan fingerprint density at radius 2 is 0.718 bits per heavy atom. The van der Waals surface area contributed by atoms with Crippen LogP contribution in [-0.4, -0.2) is 110 Å². The van der Waals surface area contributed by atoms with Crippen molar-refractivity contribution >= 4 is 69.3 Å². The molecule has 1 atom stereocenters. The summed E-state index contributed by atoms with van der Waals surface area (Å²) >= 11 is 0. The van der Waals surface area contributed by atoms with Gasteiger partial charge in [-0.3, -0.25) is 38.5 Å². The number of carboxylic acid groups (broad SMARTS) is 2. The number of hydrogen-bond donors (Lipinski definition) is 2. The van der Waals surface area contributed by atoms with Gasteiger partial charge in [-0.05, 0) is 93.8 Å². The van der Waals surface area contributed by atoms with Crippen molar-refractivity contribution in [3.63, 3.8) is 0 Å². The van der Waals surface area contributed by atoms with Crippen LogP contribution in [0.5, 0.6) is 0 Å².